The molecule has 1 rings (SSSR count). The first kappa shape index (κ1) is 15.1. The number of aryl methyl sites for hydroxylation is 1. The molecule has 0 aliphatic rings. The summed E-state index contributed by atoms with van der Waals surface area (Å²) in [7, 11) is 1.69. The van der Waals surface area contributed by atoms with E-state index in [4.69, 9.17) is 16.9 Å². The molecule has 102 valence electrons. The van der Waals surface area contributed by atoms with Crippen LogP contribution in [0.4, 0.5) is 0 Å². The first-order valence-electron chi connectivity index (χ1n) is 5.74. The zero-order valence-corrected chi connectivity index (χ0v) is 11.6. The van der Waals surface area contributed by atoms with Crippen molar-refractivity contribution in [3.8, 4) is 6.19 Å². The smallest absolute Gasteiger partial charge is 0.209 e. The minimum atomic E-state index is 0.445. The van der Waals surface area contributed by atoms with Crippen LogP contribution in [0.2, 0.25) is 5.15 Å². The highest BCUT2D eigenvalue weighted by Crippen LogP contribution is 2.10. The maximum absolute atomic E-state index is 8.41. The average molecular weight is 282 g/mol. The molecule has 0 saturated carbocycles. The van der Waals surface area contributed by atoms with Gasteiger partial charge in [0, 0.05) is 38.4 Å². The molecule has 0 bridgehead atoms. The Morgan fingerprint density at radius 2 is 2.32 bits per heavy atom. The third kappa shape index (κ3) is 5.50. The number of nitrogens with zero attached hydrogens (tertiary/aromatic N) is 4. The number of halogens is 1. The Kier molecular flexibility index (Phi) is 6.57. The van der Waals surface area contributed by atoms with Crippen LogP contribution in [0.25, 0.3) is 0 Å². The minimum Gasteiger partial charge on any atom is -0.359 e. The van der Waals surface area contributed by atoms with Gasteiger partial charge in [-0.1, -0.05) is 11.6 Å². The zero-order chi connectivity index (χ0) is 14.1. The van der Waals surface area contributed by atoms with Crippen LogP contribution in [-0.4, -0.2) is 36.1 Å². The second-order valence-corrected chi connectivity index (χ2v) is 4.01. The minimum absolute atomic E-state index is 0.445. The molecule has 0 saturated heterocycles. The first-order valence-corrected chi connectivity index (χ1v) is 6.12. The molecule has 8 heteroatoms. The number of aromatic nitrogens is 2. The summed E-state index contributed by atoms with van der Waals surface area (Å²) in [5.41, 5.74) is 0.854. The van der Waals surface area contributed by atoms with E-state index in [1.807, 2.05) is 0 Å². The predicted octanol–water partition coefficient (Wildman–Crippen LogP) is 0.174. The van der Waals surface area contributed by atoms with Crippen molar-refractivity contribution in [3.05, 3.63) is 22.7 Å². The Bertz CT molecular complexity index is 480. The molecule has 7 nitrogen and oxygen atoms in total. The molecular weight excluding hydrogens is 266 g/mol. The molecule has 0 amide bonds. The lowest BCUT2D eigenvalue weighted by Crippen LogP contribution is -2.38. The molecule has 0 aliphatic heterocycles. The maximum Gasteiger partial charge on any atom is 0.209 e. The van der Waals surface area contributed by atoms with E-state index in [0.29, 0.717) is 36.6 Å². The number of nitrogens with one attached hydrogen (secondary N) is 3. The fraction of sp³-hybridized carbons (Fsp3) is 0.455. The fourth-order valence-electron chi connectivity index (χ4n) is 1.31. The number of aliphatic imine (C=N–C) groups is 1. The first-order chi connectivity index (χ1) is 9.17. The Hall–Kier alpha value is -1.91. The monoisotopic (exact) mass is 281 g/mol. The van der Waals surface area contributed by atoms with E-state index in [1.54, 1.807) is 26.4 Å². The van der Waals surface area contributed by atoms with E-state index in [9.17, 15) is 0 Å². The molecule has 0 spiro atoms. The van der Waals surface area contributed by atoms with E-state index in [-0.39, 0.29) is 0 Å². The predicted molar refractivity (Wildman–Crippen MR) is 73.6 cm³/mol. The molecule has 3 N–H and O–H groups in total. The highest BCUT2D eigenvalue weighted by molar-refractivity contribution is 6.30. The Morgan fingerprint density at radius 1 is 1.53 bits per heavy atom. The van der Waals surface area contributed by atoms with Crippen LogP contribution in [0.1, 0.15) is 11.4 Å². The van der Waals surface area contributed by atoms with Gasteiger partial charge in [-0.05, 0) is 6.92 Å². The van der Waals surface area contributed by atoms with Crippen molar-refractivity contribution in [2.45, 2.75) is 13.5 Å². The lowest BCUT2D eigenvalue weighted by atomic mass is 10.3. The Morgan fingerprint density at radius 3 is 2.95 bits per heavy atom. The van der Waals surface area contributed by atoms with E-state index in [1.165, 1.54) is 0 Å². The molecule has 0 unspecified atom stereocenters. The van der Waals surface area contributed by atoms with Crippen molar-refractivity contribution in [2.75, 3.05) is 20.1 Å². The largest absolute Gasteiger partial charge is 0.359 e. The van der Waals surface area contributed by atoms with E-state index in [0.717, 1.165) is 5.56 Å². The van der Waals surface area contributed by atoms with Gasteiger partial charge in [0.1, 0.15) is 11.0 Å². The molecule has 0 atom stereocenters. The van der Waals surface area contributed by atoms with Gasteiger partial charge in [-0.3, -0.25) is 0 Å². The summed E-state index contributed by atoms with van der Waals surface area (Å²) in [5, 5.41) is 17.8. The molecule has 0 aliphatic carbocycles. The van der Waals surface area contributed by atoms with Crippen molar-refractivity contribution in [3.63, 3.8) is 0 Å². The second kappa shape index (κ2) is 8.24. The highest BCUT2D eigenvalue weighted by Gasteiger charge is 2.02. The van der Waals surface area contributed by atoms with E-state index < -0.39 is 0 Å². The van der Waals surface area contributed by atoms with Gasteiger partial charge in [0.25, 0.3) is 0 Å². The third-order valence-electron chi connectivity index (χ3n) is 2.24. The van der Waals surface area contributed by atoms with Gasteiger partial charge in [0.05, 0.1) is 0 Å². The summed E-state index contributed by atoms with van der Waals surface area (Å²) >= 11 is 5.98. The normalized spacial score (nSPS) is 10.9. The summed E-state index contributed by atoms with van der Waals surface area (Å²) in [6, 6.07) is 0. The van der Waals surface area contributed by atoms with Crippen molar-refractivity contribution in [2.24, 2.45) is 4.99 Å². The van der Waals surface area contributed by atoms with Crippen LogP contribution in [0.5, 0.6) is 0 Å². The van der Waals surface area contributed by atoms with Gasteiger partial charge >= 0.3 is 0 Å². The number of guanidine groups is 1. The SMILES string of the molecule is CNC(=NC#N)NCCNCc1cnc(C)nc1Cl. The quantitative estimate of drug-likeness (QED) is 0.234. The van der Waals surface area contributed by atoms with Gasteiger partial charge in [0.2, 0.25) is 12.2 Å². The summed E-state index contributed by atoms with van der Waals surface area (Å²) in [4.78, 5) is 11.7. The molecule has 19 heavy (non-hydrogen) atoms. The molecule has 1 aromatic rings. The molecular formula is C11H16ClN7. The van der Waals surface area contributed by atoms with Gasteiger partial charge < -0.3 is 16.0 Å². The Balaban J connectivity index is 2.28. The van der Waals surface area contributed by atoms with Crippen LogP contribution in [0, 0.1) is 18.4 Å². The number of hydrogen-bond acceptors (Lipinski definition) is 5. The molecule has 1 aromatic heterocycles. The highest BCUT2D eigenvalue weighted by atomic mass is 35.5. The van der Waals surface area contributed by atoms with Crippen LogP contribution >= 0.6 is 11.6 Å². The van der Waals surface area contributed by atoms with E-state index >= 15 is 0 Å². The molecule has 0 aromatic carbocycles. The fourth-order valence-corrected chi connectivity index (χ4v) is 1.55. The zero-order valence-electron chi connectivity index (χ0n) is 10.9. The van der Waals surface area contributed by atoms with Crippen molar-refractivity contribution in [1.82, 2.24) is 25.9 Å². The number of hydrogen-bond donors (Lipinski definition) is 3. The molecule has 0 radical (unpaired) electrons. The number of rotatable bonds is 5. The van der Waals surface area contributed by atoms with Crippen molar-refractivity contribution >= 4 is 17.6 Å². The summed E-state index contributed by atoms with van der Waals surface area (Å²) in [6.45, 7) is 3.70. The molecule has 0 fully saturated rings. The average Bonchev–Trinajstić information content (AvgIpc) is 2.39. The summed E-state index contributed by atoms with van der Waals surface area (Å²) in [5.74, 6) is 1.10. The second-order valence-electron chi connectivity index (χ2n) is 3.65. The third-order valence-corrected chi connectivity index (χ3v) is 2.57. The lowest BCUT2D eigenvalue weighted by Gasteiger charge is -2.09. The molecule has 1 heterocycles. The Labute approximate surface area is 117 Å². The van der Waals surface area contributed by atoms with Crippen molar-refractivity contribution < 1.29 is 0 Å². The van der Waals surface area contributed by atoms with Gasteiger partial charge in [-0.25, -0.2) is 9.97 Å². The lowest BCUT2D eigenvalue weighted by molar-refractivity contribution is 0.664. The van der Waals surface area contributed by atoms with Crippen LogP contribution in [0.3, 0.4) is 0 Å². The van der Waals surface area contributed by atoms with Crippen LogP contribution < -0.4 is 16.0 Å². The topological polar surface area (TPSA) is 98.0 Å². The van der Waals surface area contributed by atoms with E-state index in [2.05, 4.69) is 30.9 Å². The van der Waals surface area contributed by atoms with Crippen molar-refractivity contribution in [1.29, 1.82) is 5.26 Å². The van der Waals surface area contributed by atoms with Gasteiger partial charge in [-0.15, -0.1) is 4.99 Å². The standard InChI is InChI=1S/C11H16ClN7/c1-8-17-6-9(10(12)19-8)5-15-3-4-16-11(14-2)18-7-13/h6,15H,3-5H2,1-2H3,(H2,14,16,18). The van der Waals surface area contributed by atoms with Crippen LogP contribution in [-0.2, 0) is 6.54 Å². The van der Waals surface area contributed by atoms with Crippen LogP contribution in [0.15, 0.2) is 11.2 Å². The van der Waals surface area contributed by atoms with Gasteiger partial charge in [-0.2, -0.15) is 5.26 Å². The maximum atomic E-state index is 8.41. The number of nitriles is 1. The van der Waals surface area contributed by atoms with Gasteiger partial charge in [0.15, 0.2) is 0 Å². The summed E-state index contributed by atoms with van der Waals surface area (Å²) < 4.78 is 0. The summed E-state index contributed by atoms with van der Waals surface area (Å²) in [6.07, 6.45) is 3.42.